The first-order valence-corrected chi connectivity index (χ1v) is 15.9. The molecule has 3 aromatic rings. The van der Waals surface area contributed by atoms with E-state index in [0.717, 1.165) is 41.9 Å². The number of carbonyl (C=O) groups is 3. The molecule has 1 aliphatic rings. The Kier molecular flexibility index (Phi) is 14.0. The number of nitrogens with zero attached hydrogens (tertiary/aromatic N) is 1. The van der Waals surface area contributed by atoms with E-state index in [1.54, 1.807) is 25.1 Å². The smallest absolute Gasteiger partial charge is 0.494 e. The number of Topliss-reactive ketones (excluding diaryl/α,β-unsaturated/α-hetero) is 2. The second kappa shape index (κ2) is 17.4. The van der Waals surface area contributed by atoms with Crippen LogP contribution in [0.15, 0.2) is 71.6 Å². The number of benzene rings is 3. The van der Waals surface area contributed by atoms with E-state index in [1.807, 2.05) is 24.3 Å². The first-order chi connectivity index (χ1) is 21.5. The van der Waals surface area contributed by atoms with Gasteiger partial charge in [-0.05, 0) is 73.7 Å². The lowest BCUT2D eigenvalue weighted by Crippen LogP contribution is -2.44. The minimum Gasteiger partial charge on any atom is -0.494 e. The largest absolute Gasteiger partial charge is 0.573 e. The lowest BCUT2D eigenvalue weighted by molar-refractivity contribution is -0.274. The lowest BCUT2D eigenvalue weighted by atomic mass is 10.0. The van der Waals surface area contributed by atoms with Crippen LogP contribution in [-0.4, -0.2) is 42.2 Å². The molecule has 0 bridgehead atoms. The molecule has 0 spiro atoms. The Morgan fingerprint density at radius 2 is 1.57 bits per heavy atom. The summed E-state index contributed by atoms with van der Waals surface area (Å²) in [5.41, 5.74) is 8.70. The lowest BCUT2D eigenvalue weighted by Gasteiger charge is -2.25. The van der Waals surface area contributed by atoms with Crippen molar-refractivity contribution in [2.45, 2.75) is 75.7 Å². The molecule has 46 heavy (non-hydrogen) atoms. The number of thioether (sulfide) groups is 1. The van der Waals surface area contributed by atoms with E-state index < -0.39 is 12.4 Å². The maximum Gasteiger partial charge on any atom is 0.573 e. The average molecular weight is 679 g/mol. The summed E-state index contributed by atoms with van der Waals surface area (Å²) in [6.07, 6.45) is 0.491. The van der Waals surface area contributed by atoms with Crippen molar-refractivity contribution < 1.29 is 37.0 Å². The van der Waals surface area contributed by atoms with E-state index >= 15 is 0 Å². The Labute approximate surface area is 277 Å². The molecule has 0 aromatic heterocycles. The predicted molar refractivity (Wildman–Crippen MR) is 175 cm³/mol. The molecule has 1 aliphatic heterocycles. The number of ether oxygens (including phenoxy) is 2. The van der Waals surface area contributed by atoms with Crippen molar-refractivity contribution in [1.29, 1.82) is 0 Å². The summed E-state index contributed by atoms with van der Waals surface area (Å²) in [6.45, 7) is 2.29. The highest BCUT2D eigenvalue weighted by atomic mass is 35.5. The van der Waals surface area contributed by atoms with E-state index in [-0.39, 0.29) is 48.6 Å². The van der Waals surface area contributed by atoms with Gasteiger partial charge in [0.25, 0.3) is 0 Å². The summed E-state index contributed by atoms with van der Waals surface area (Å²) >= 11 is 1.42. The molecule has 1 atom stereocenters. The summed E-state index contributed by atoms with van der Waals surface area (Å²) in [6, 6.07) is 17.4. The number of nitrogens with two attached hydrogens (primary N) is 1. The summed E-state index contributed by atoms with van der Waals surface area (Å²) in [4.78, 5) is 39.7. The van der Waals surface area contributed by atoms with Gasteiger partial charge in [-0.3, -0.25) is 9.59 Å². The van der Waals surface area contributed by atoms with Crippen LogP contribution >= 0.6 is 24.2 Å². The Morgan fingerprint density at radius 3 is 2.24 bits per heavy atom. The minimum atomic E-state index is -4.80. The molecular formula is C34H38ClF3N2O5S. The number of hydrogen-bond donors (Lipinski definition) is 1. The van der Waals surface area contributed by atoms with Crippen molar-refractivity contribution >= 4 is 47.3 Å². The summed E-state index contributed by atoms with van der Waals surface area (Å²) in [7, 11) is 0. The first kappa shape index (κ1) is 36.9. The Morgan fingerprint density at radius 1 is 0.913 bits per heavy atom. The number of halogens is 4. The fourth-order valence-electron chi connectivity index (χ4n) is 4.91. The molecule has 4 rings (SSSR count). The van der Waals surface area contributed by atoms with Crippen molar-refractivity contribution in [2.75, 3.05) is 17.3 Å². The molecule has 0 unspecified atom stereocenters. The molecule has 12 heteroatoms. The summed E-state index contributed by atoms with van der Waals surface area (Å²) in [5, 5.41) is 0. The van der Waals surface area contributed by atoms with Crippen molar-refractivity contribution in [2.24, 2.45) is 5.73 Å². The quantitative estimate of drug-likeness (QED) is 0.130. The molecule has 0 aliphatic carbocycles. The molecule has 0 radical (unpaired) electrons. The number of rotatable bonds is 15. The van der Waals surface area contributed by atoms with Gasteiger partial charge in [-0.1, -0.05) is 43.2 Å². The number of hydrogen-bond acceptors (Lipinski definition) is 7. The second-order valence-corrected chi connectivity index (χ2v) is 12.1. The van der Waals surface area contributed by atoms with Crippen LogP contribution in [0.2, 0.25) is 0 Å². The fraction of sp³-hybridized carbons (Fsp3) is 0.382. The molecule has 248 valence electrons. The third-order valence-electron chi connectivity index (χ3n) is 7.33. The number of fused-ring (bicyclic) bond motifs is 1. The molecule has 3 aromatic carbocycles. The minimum absolute atomic E-state index is 0. The van der Waals surface area contributed by atoms with Crippen molar-refractivity contribution in [3.05, 3.63) is 83.4 Å². The highest BCUT2D eigenvalue weighted by Crippen LogP contribution is 2.36. The third-order valence-corrected chi connectivity index (χ3v) is 8.51. The number of aryl methyl sites for hydroxylation is 1. The van der Waals surface area contributed by atoms with Crippen LogP contribution in [0.25, 0.3) is 0 Å². The van der Waals surface area contributed by atoms with Crippen LogP contribution in [0.3, 0.4) is 0 Å². The Bertz CT molecular complexity index is 1470. The normalized spacial score (nSPS) is 14.6. The second-order valence-electron chi connectivity index (χ2n) is 11.0. The molecular weight excluding hydrogens is 641 g/mol. The van der Waals surface area contributed by atoms with Gasteiger partial charge in [0, 0.05) is 29.1 Å². The van der Waals surface area contributed by atoms with Crippen molar-refractivity contribution in [3.8, 4) is 11.5 Å². The van der Waals surface area contributed by atoms with E-state index in [4.69, 9.17) is 10.5 Å². The molecule has 1 heterocycles. The third kappa shape index (κ3) is 11.4. The van der Waals surface area contributed by atoms with Crippen LogP contribution in [0, 0.1) is 0 Å². The zero-order chi connectivity index (χ0) is 32.4. The van der Waals surface area contributed by atoms with Crippen LogP contribution < -0.4 is 20.1 Å². The number of anilines is 1. The number of unbranched alkanes of at least 4 members (excludes halogenated alkanes) is 3. The van der Waals surface area contributed by atoms with E-state index in [2.05, 4.69) is 4.74 Å². The maximum atomic E-state index is 13.2. The Hall–Kier alpha value is -3.54. The van der Waals surface area contributed by atoms with Gasteiger partial charge in [0.2, 0.25) is 5.91 Å². The molecule has 7 nitrogen and oxygen atoms in total. The van der Waals surface area contributed by atoms with Gasteiger partial charge in [-0.2, -0.15) is 0 Å². The highest BCUT2D eigenvalue weighted by Gasteiger charge is 2.32. The standard InChI is InChI=1S/C34H37F3N2O5S.ClH/c1-23(40)6-4-2-3-5-19-43-27-13-7-24(8-14-27)11-17-31(41)26-12-18-32-30(20-26)39(33(42)29(38)22-45-32)21-25-9-15-28(16-10-25)44-34(35,36)37;/h7-10,12-16,18,20,29H,2-6,11,17,19,21-22,38H2,1H3;1H/t29-;/m0./s1. The van der Waals surface area contributed by atoms with Gasteiger partial charge in [-0.25, -0.2) is 0 Å². The van der Waals surface area contributed by atoms with Gasteiger partial charge in [0.15, 0.2) is 5.78 Å². The van der Waals surface area contributed by atoms with Crippen LogP contribution in [0.4, 0.5) is 18.9 Å². The van der Waals surface area contributed by atoms with Gasteiger partial charge in [0.05, 0.1) is 24.9 Å². The van der Waals surface area contributed by atoms with E-state index in [1.165, 1.54) is 40.9 Å². The highest BCUT2D eigenvalue weighted by molar-refractivity contribution is 7.99. The summed E-state index contributed by atoms with van der Waals surface area (Å²) < 4.78 is 47.4. The van der Waals surface area contributed by atoms with Gasteiger partial charge >= 0.3 is 6.36 Å². The summed E-state index contributed by atoms with van der Waals surface area (Å²) in [5.74, 6) is 0.573. The van der Waals surface area contributed by atoms with Crippen molar-refractivity contribution in [3.63, 3.8) is 0 Å². The van der Waals surface area contributed by atoms with Crippen LogP contribution in [0.5, 0.6) is 11.5 Å². The molecule has 0 fully saturated rings. The zero-order valence-electron chi connectivity index (χ0n) is 25.5. The number of carbonyl (C=O) groups excluding carboxylic acids is 3. The SMILES string of the molecule is CC(=O)CCCCCCOc1ccc(CCC(=O)c2ccc3c(c2)N(Cc2ccc(OC(F)(F)F)cc2)C(=O)[C@@H](N)CS3)cc1.Cl. The fourth-order valence-corrected chi connectivity index (χ4v) is 5.89. The number of amides is 1. The van der Waals surface area contributed by atoms with Gasteiger partial charge < -0.3 is 24.9 Å². The monoisotopic (exact) mass is 678 g/mol. The molecule has 2 N–H and O–H groups in total. The van der Waals surface area contributed by atoms with E-state index in [9.17, 15) is 27.6 Å². The number of alkyl halides is 3. The van der Waals surface area contributed by atoms with Gasteiger partial charge in [0.1, 0.15) is 17.3 Å². The maximum absolute atomic E-state index is 13.2. The first-order valence-electron chi connectivity index (χ1n) is 14.9. The predicted octanol–water partition coefficient (Wildman–Crippen LogP) is 7.71. The van der Waals surface area contributed by atoms with Gasteiger partial charge in [-0.15, -0.1) is 37.3 Å². The number of ketones is 2. The van der Waals surface area contributed by atoms with E-state index in [0.29, 0.717) is 42.0 Å². The van der Waals surface area contributed by atoms with Crippen LogP contribution in [-0.2, 0) is 22.6 Å². The van der Waals surface area contributed by atoms with Crippen LogP contribution in [0.1, 0.15) is 66.9 Å². The zero-order valence-corrected chi connectivity index (χ0v) is 27.1. The molecule has 1 amide bonds. The van der Waals surface area contributed by atoms with Crippen molar-refractivity contribution in [1.82, 2.24) is 0 Å². The molecule has 0 saturated carbocycles. The topological polar surface area (TPSA) is 98.9 Å². The average Bonchev–Trinajstić information content (AvgIpc) is 3.11. The molecule has 0 saturated heterocycles. The Balaban J connectivity index is 0.00000576.